The zero-order chi connectivity index (χ0) is 14.8. The van der Waals surface area contributed by atoms with Crippen molar-refractivity contribution in [3.8, 4) is 0 Å². The summed E-state index contributed by atoms with van der Waals surface area (Å²) in [6.07, 6.45) is 2.23. The molecule has 1 aliphatic rings. The number of sulfonamides is 1. The standard InChI is InChI=1S/C13H23N3O2S2/c1-14-8-12-7-13(10-19-12)20(17,18)16(3)9-11-5-4-6-15(11)2/h7,10-11,14H,4-6,8-9H2,1-3H3. The highest BCUT2D eigenvalue weighted by molar-refractivity contribution is 7.89. The molecule has 1 aliphatic heterocycles. The summed E-state index contributed by atoms with van der Waals surface area (Å²) in [5.74, 6) is 0. The first-order valence-electron chi connectivity index (χ1n) is 6.83. The fourth-order valence-electron chi connectivity index (χ4n) is 2.55. The van der Waals surface area contributed by atoms with Gasteiger partial charge in [-0.1, -0.05) is 0 Å². The third-order valence-electron chi connectivity index (χ3n) is 3.83. The predicted octanol–water partition coefficient (Wildman–Crippen LogP) is 1.18. The molecule has 114 valence electrons. The van der Waals surface area contributed by atoms with E-state index in [9.17, 15) is 8.42 Å². The lowest BCUT2D eigenvalue weighted by Crippen LogP contribution is -2.39. The molecular formula is C13H23N3O2S2. The Labute approximate surface area is 125 Å². The molecule has 1 fully saturated rings. The normalized spacial score (nSPS) is 20.9. The molecule has 0 aromatic carbocycles. The molecular weight excluding hydrogens is 294 g/mol. The fraction of sp³-hybridized carbons (Fsp3) is 0.692. The monoisotopic (exact) mass is 317 g/mol. The molecule has 2 heterocycles. The van der Waals surface area contributed by atoms with Crippen LogP contribution in [0.2, 0.25) is 0 Å². The number of hydrogen-bond donors (Lipinski definition) is 1. The maximum absolute atomic E-state index is 12.5. The second-order valence-corrected chi connectivity index (χ2v) is 8.38. The van der Waals surface area contributed by atoms with Crippen LogP contribution in [0.1, 0.15) is 17.7 Å². The van der Waals surface area contributed by atoms with E-state index in [2.05, 4.69) is 17.3 Å². The number of thiophene rings is 1. The number of rotatable bonds is 6. The molecule has 0 radical (unpaired) electrons. The van der Waals surface area contributed by atoms with Gasteiger partial charge in [0.1, 0.15) is 0 Å². The zero-order valence-corrected chi connectivity index (χ0v) is 13.9. The Kier molecular flexibility index (Phi) is 5.19. The maximum Gasteiger partial charge on any atom is 0.243 e. The summed E-state index contributed by atoms with van der Waals surface area (Å²) in [4.78, 5) is 3.69. The summed E-state index contributed by atoms with van der Waals surface area (Å²) in [5, 5.41) is 4.77. The van der Waals surface area contributed by atoms with Crippen LogP contribution in [0, 0.1) is 0 Å². The van der Waals surface area contributed by atoms with Gasteiger partial charge in [0.15, 0.2) is 0 Å². The molecule has 1 saturated heterocycles. The summed E-state index contributed by atoms with van der Waals surface area (Å²) in [6, 6.07) is 2.11. The SMILES string of the molecule is CNCc1cc(S(=O)(=O)N(C)CC2CCCN2C)cs1. The lowest BCUT2D eigenvalue weighted by molar-refractivity contribution is 0.271. The van der Waals surface area contributed by atoms with Gasteiger partial charge in [-0.25, -0.2) is 8.42 Å². The topological polar surface area (TPSA) is 52.7 Å². The minimum atomic E-state index is -3.36. The molecule has 1 atom stereocenters. The van der Waals surface area contributed by atoms with Gasteiger partial charge in [-0.15, -0.1) is 11.3 Å². The van der Waals surface area contributed by atoms with Crippen LogP contribution in [0.15, 0.2) is 16.3 Å². The Morgan fingerprint density at radius 1 is 1.55 bits per heavy atom. The van der Waals surface area contributed by atoms with Crippen molar-refractivity contribution in [2.45, 2.75) is 30.3 Å². The van der Waals surface area contributed by atoms with Crippen molar-refractivity contribution < 1.29 is 8.42 Å². The van der Waals surface area contributed by atoms with E-state index in [1.165, 1.54) is 15.6 Å². The fourth-order valence-corrected chi connectivity index (χ4v) is 5.03. The van der Waals surface area contributed by atoms with Gasteiger partial charge in [-0.05, 0) is 39.5 Å². The lowest BCUT2D eigenvalue weighted by Gasteiger charge is -2.25. The summed E-state index contributed by atoms with van der Waals surface area (Å²) in [6.45, 7) is 2.33. The van der Waals surface area contributed by atoms with E-state index in [4.69, 9.17) is 0 Å². The van der Waals surface area contributed by atoms with Crippen molar-refractivity contribution in [2.75, 3.05) is 34.2 Å². The Balaban J connectivity index is 2.08. The Morgan fingerprint density at radius 2 is 2.30 bits per heavy atom. The molecule has 5 nitrogen and oxygen atoms in total. The third-order valence-corrected chi connectivity index (χ3v) is 6.72. The number of nitrogens with one attached hydrogen (secondary N) is 1. The van der Waals surface area contributed by atoms with Crippen molar-refractivity contribution >= 4 is 21.4 Å². The highest BCUT2D eigenvalue weighted by Crippen LogP contribution is 2.24. The Bertz CT molecular complexity index is 542. The third kappa shape index (κ3) is 3.40. The molecule has 0 aliphatic carbocycles. The van der Waals surface area contributed by atoms with Gasteiger partial charge in [-0.3, -0.25) is 0 Å². The Morgan fingerprint density at radius 3 is 2.90 bits per heavy atom. The van der Waals surface area contributed by atoms with Crippen LogP contribution in [-0.4, -0.2) is 57.9 Å². The van der Waals surface area contributed by atoms with Crippen LogP contribution in [0.3, 0.4) is 0 Å². The van der Waals surface area contributed by atoms with Gasteiger partial charge in [0, 0.05) is 36.4 Å². The molecule has 1 aromatic rings. The van der Waals surface area contributed by atoms with E-state index in [1.54, 1.807) is 18.5 Å². The van der Waals surface area contributed by atoms with E-state index >= 15 is 0 Å². The molecule has 0 amide bonds. The first-order chi connectivity index (χ1) is 9.45. The van der Waals surface area contributed by atoms with Crippen molar-refractivity contribution in [1.82, 2.24) is 14.5 Å². The minimum Gasteiger partial charge on any atom is -0.315 e. The molecule has 0 bridgehead atoms. The van der Waals surface area contributed by atoms with Crippen LogP contribution < -0.4 is 5.32 Å². The smallest absolute Gasteiger partial charge is 0.243 e. The second kappa shape index (κ2) is 6.53. The predicted molar refractivity (Wildman–Crippen MR) is 82.6 cm³/mol. The highest BCUT2D eigenvalue weighted by atomic mass is 32.2. The summed E-state index contributed by atoms with van der Waals surface area (Å²) in [7, 11) is 2.24. The molecule has 0 saturated carbocycles. The number of nitrogens with zero attached hydrogens (tertiary/aromatic N) is 2. The van der Waals surface area contributed by atoms with Crippen LogP contribution >= 0.6 is 11.3 Å². The lowest BCUT2D eigenvalue weighted by atomic mass is 10.2. The number of likely N-dealkylation sites (N-methyl/N-ethyl adjacent to an activating group) is 2. The molecule has 0 spiro atoms. The van der Waals surface area contributed by atoms with Gasteiger partial charge < -0.3 is 10.2 Å². The first-order valence-corrected chi connectivity index (χ1v) is 9.15. The molecule has 7 heteroatoms. The second-order valence-electron chi connectivity index (χ2n) is 5.34. The van der Waals surface area contributed by atoms with Crippen molar-refractivity contribution in [3.63, 3.8) is 0 Å². The maximum atomic E-state index is 12.5. The van der Waals surface area contributed by atoms with Gasteiger partial charge in [0.25, 0.3) is 0 Å². The highest BCUT2D eigenvalue weighted by Gasteiger charge is 2.28. The average molecular weight is 317 g/mol. The molecule has 1 N–H and O–H groups in total. The van der Waals surface area contributed by atoms with Crippen molar-refractivity contribution in [1.29, 1.82) is 0 Å². The van der Waals surface area contributed by atoms with Crippen LogP contribution in [0.4, 0.5) is 0 Å². The van der Waals surface area contributed by atoms with E-state index < -0.39 is 10.0 Å². The average Bonchev–Trinajstić information content (AvgIpc) is 3.00. The van der Waals surface area contributed by atoms with E-state index in [0.29, 0.717) is 24.0 Å². The zero-order valence-electron chi connectivity index (χ0n) is 12.3. The quantitative estimate of drug-likeness (QED) is 0.856. The molecule has 20 heavy (non-hydrogen) atoms. The van der Waals surface area contributed by atoms with Gasteiger partial charge in [0.2, 0.25) is 10.0 Å². The van der Waals surface area contributed by atoms with Crippen LogP contribution in [0.5, 0.6) is 0 Å². The summed E-state index contributed by atoms with van der Waals surface area (Å²) < 4.78 is 26.6. The van der Waals surface area contributed by atoms with Crippen LogP contribution in [0.25, 0.3) is 0 Å². The minimum absolute atomic E-state index is 0.338. The first kappa shape index (κ1) is 15.9. The molecule has 2 rings (SSSR count). The van der Waals surface area contributed by atoms with Crippen molar-refractivity contribution in [3.05, 3.63) is 16.3 Å². The van der Waals surface area contributed by atoms with E-state index in [1.807, 2.05) is 7.05 Å². The Hall–Kier alpha value is -0.470. The van der Waals surface area contributed by atoms with Crippen molar-refractivity contribution in [2.24, 2.45) is 0 Å². The molecule has 1 aromatic heterocycles. The van der Waals surface area contributed by atoms with Gasteiger partial charge >= 0.3 is 0 Å². The van der Waals surface area contributed by atoms with E-state index in [-0.39, 0.29) is 0 Å². The van der Waals surface area contributed by atoms with Gasteiger partial charge in [-0.2, -0.15) is 4.31 Å². The van der Waals surface area contributed by atoms with Crippen LogP contribution in [-0.2, 0) is 16.6 Å². The number of likely N-dealkylation sites (tertiary alicyclic amines) is 1. The van der Waals surface area contributed by atoms with Gasteiger partial charge in [0.05, 0.1) is 4.90 Å². The summed E-state index contributed by atoms with van der Waals surface area (Å²) in [5.41, 5.74) is 0. The molecule has 1 unspecified atom stereocenters. The largest absolute Gasteiger partial charge is 0.315 e. The number of hydrogen-bond acceptors (Lipinski definition) is 5. The summed E-state index contributed by atoms with van der Waals surface area (Å²) >= 11 is 1.48. The van der Waals surface area contributed by atoms with E-state index in [0.717, 1.165) is 24.3 Å².